The maximum Gasteiger partial charge on any atom is 0.186 e. The van der Waals surface area contributed by atoms with Gasteiger partial charge in [-0.1, -0.05) is 0 Å². The van der Waals surface area contributed by atoms with Gasteiger partial charge in [0.2, 0.25) is 0 Å². The number of rotatable bonds is 6. The maximum absolute atomic E-state index is 11.9. The van der Waals surface area contributed by atoms with Crippen molar-refractivity contribution in [3.8, 4) is 0 Å². The second-order valence-electron chi connectivity index (χ2n) is 4.67. The Balaban J connectivity index is 2.69. The lowest BCUT2D eigenvalue weighted by Gasteiger charge is -2.39. The Morgan fingerprint density at radius 1 is 1.24 bits per heavy atom. The largest absolute Gasteiger partial charge is 0.388 e. The fraction of sp³-hybridized carbons (Fsp3) is 0.900. The van der Waals surface area contributed by atoms with Gasteiger partial charge < -0.3 is 36.3 Å². The quantitative estimate of drug-likeness (QED) is 0.241. The molecule has 0 spiro atoms. The minimum atomic E-state index is -3.63. The van der Waals surface area contributed by atoms with Gasteiger partial charge in [-0.25, -0.2) is 8.42 Å². The minimum Gasteiger partial charge on any atom is -0.388 e. The molecule has 0 aromatic carbocycles. The molecule has 124 valence electrons. The Labute approximate surface area is 122 Å². The van der Waals surface area contributed by atoms with Gasteiger partial charge in [0.15, 0.2) is 22.1 Å². The van der Waals surface area contributed by atoms with Crippen molar-refractivity contribution in [2.45, 2.75) is 30.7 Å². The highest BCUT2D eigenvalue weighted by molar-refractivity contribution is 7.91. The van der Waals surface area contributed by atoms with Crippen molar-refractivity contribution >= 4 is 15.8 Å². The lowest BCUT2D eigenvalue weighted by molar-refractivity contribution is -0.285. The van der Waals surface area contributed by atoms with E-state index in [-0.39, 0.29) is 18.3 Å². The van der Waals surface area contributed by atoms with Gasteiger partial charge in [-0.3, -0.25) is 4.99 Å². The van der Waals surface area contributed by atoms with E-state index in [2.05, 4.69) is 4.99 Å². The topological polar surface area (TPSA) is 178 Å². The predicted molar refractivity (Wildman–Crippen MR) is 73.0 cm³/mol. The Morgan fingerprint density at radius 2 is 1.86 bits per heavy atom. The van der Waals surface area contributed by atoms with E-state index >= 15 is 0 Å². The molecule has 21 heavy (non-hydrogen) atoms. The Hall–Kier alpha value is -0.980. The van der Waals surface area contributed by atoms with E-state index in [0.717, 1.165) is 0 Å². The molecule has 0 saturated carbocycles. The Bertz CT molecular complexity index is 463. The van der Waals surface area contributed by atoms with Crippen molar-refractivity contribution in [3.63, 3.8) is 0 Å². The third-order valence-corrected chi connectivity index (χ3v) is 4.66. The van der Waals surface area contributed by atoms with Crippen molar-refractivity contribution in [1.82, 2.24) is 0 Å². The average molecular weight is 327 g/mol. The maximum atomic E-state index is 11.9. The number of nitrogens with zero attached hydrogens (tertiary/aromatic N) is 1. The summed E-state index contributed by atoms with van der Waals surface area (Å²) in [6.07, 6.45) is -7.03. The summed E-state index contributed by atoms with van der Waals surface area (Å²) in [6.45, 7) is -0.119. The van der Waals surface area contributed by atoms with Crippen LogP contribution in [0, 0.1) is 0 Å². The average Bonchev–Trinajstić information content (AvgIpc) is 2.38. The number of guanidine groups is 1. The van der Waals surface area contributed by atoms with Crippen molar-refractivity contribution in [2.24, 2.45) is 16.5 Å². The van der Waals surface area contributed by atoms with Crippen molar-refractivity contribution in [2.75, 3.05) is 25.2 Å². The van der Waals surface area contributed by atoms with Crippen molar-refractivity contribution in [3.05, 3.63) is 0 Å². The summed E-state index contributed by atoms with van der Waals surface area (Å²) in [7, 11) is -2.41. The molecule has 5 atom stereocenters. The summed E-state index contributed by atoms with van der Waals surface area (Å²) < 4.78 is 33.7. The summed E-state index contributed by atoms with van der Waals surface area (Å²) in [5.41, 5.74) is 10.2. The number of ether oxygens (including phenoxy) is 2. The minimum absolute atomic E-state index is 0.119. The first kappa shape index (κ1) is 18.1. The molecule has 0 radical (unpaired) electrons. The lowest BCUT2D eigenvalue weighted by atomic mass is 10.00. The SMILES string of the molecule is CO[C@H]1O[C@H](CS(=O)(=O)CCN=C(N)N)[C@@H](O)[C@H](O)[C@H]1O. The first-order chi connectivity index (χ1) is 9.68. The van der Waals surface area contributed by atoms with E-state index in [0.29, 0.717) is 0 Å². The van der Waals surface area contributed by atoms with Crippen LogP contribution in [-0.2, 0) is 19.3 Å². The fourth-order valence-corrected chi connectivity index (χ4v) is 3.21. The van der Waals surface area contributed by atoms with Gasteiger partial charge >= 0.3 is 0 Å². The van der Waals surface area contributed by atoms with E-state index in [9.17, 15) is 23.7 Å². The summed E-state index contributed by atoms with van der Waals surface area (Å²) in [5.74, 6) is -1.12. The Morgan fingerprint density at radius 3 is 2.38 bits per heavy atom. The summed E-state index contributed by atoms with van der Waals surface area (Å²) in [5, 5.41) is 29.0. The van der Waals surface area contributed by atoms with Crippen LogP contribution in [0.25, 0.3) is 0 Å². The molecule has 0 amide bonds. The molecular weight excluding hydrogens is 306 g/mol. The smallest absolute Gasteiger partial charge is 0.186 e. The first-order valence-corrected chi connectivity index (χ1v) is 7.98. The van der Waals surface area contributed by atoms with Crippen LogP contribution in [0.4, 0.5) is 0 Å². The van der Waals surface area contributed by atoms with E-state index in [4.69, 9.17) is 20.9 Å². The number of methoxy groups -OCH3 is 1. The van der Waals surface area contributed by atoms with Crippen LogP contribution >= 0.6 is 0 Å². The molecule has 0 unspecified atom stereocenters. The molecule has 0 bridgehead atoms. The highest BCUT2D eigenvalue weighted by atomic mass is 32.2. The summed E-state index contributed by atoms with van der Waals surface area (Å²) in [4.78, 5) is 3.56. The van der Waals surface area contributed by atoms with Crippen molar-refractivity contribution in [1.29, 1.82) is 0 Å². The summed E-state index contributed by atoms with van der Waals surface area (Å²) >= 11 is 0. The van der Waals surface area contributed by atoms with Gasteiger partial charge in [0, 0.05) is 7.11 Å². The van der Waals surface area contributed by atoms with E-state index in [1.165, 1.54) is 7.11 Å². The second kappa shape index (κ2) is 7.33. The van der Waals surface area contributed by atoms with Crippen LogP contribution in [0.1, 0.15) is 0 Å². The highest BCUT2D eigenvalue weighted by Crippen LogP contribution is 2.22. The fourth-order valence-electron chi connectivity index (χ4n) is 1.90. The molecule has 0 aliphatic carbocycles. The molecular formula is C10H21N3O7S. The second-order valence-corrected chi connectivity index (χ2v) is 6.90. The number of sulfone groups is 1. The highest BCUT2D eigenvalue weighted by Gasteiger charge is 2.45. The zero-order valence-corrected chi connectivity index (χ0v) is 12.3. The van der Waals surface area contributed by atoms with Crippen molar-refractivity contribution < 1.29 is 33.2 Å². The first-order valence-electron chi connectivity index (χ1n) is 6.16. The van der Waals surface area contributed by atoms with Crippen LogP contribution in [0.5, 0.6) is 0 Å². The molecule has 10 nitrogen and oxygen atoms in total. The third-order valence-electron chi connectivity index (χ3n) is 3.02. The molecule has 1 heterocycles. The Kier molecular flexibility index (Phi) is 6.31. The third kappa shape index (κ3) is 5.05. The van der Waals surface area contributed by atoms with Gasteiger partial charge in [0.25, 0.3) is 0 Å². The molecule has 1 saturated heterocycles. The van der Waals surface area contributed by atoms with Crippen LogP contribution in [-0.4, -0.2) is 85.6 Å². The number of nitrogens with two attached hydrogens (primary N) is 2. The van der Waals surface area contributed by atoms with Crippen LogP contribution in [0.2, 0.25) is 0 Å². The molecule has 1 rings (SSSR count). The van der Waals surface area contributed by atoms with E-state index in [1.807, 2.05) is 0 Å². The van der Waals surface area contributed by atoms with Gasteiger partial charge in [0.1, 0.15) is 24.4 Å². The van der Waals surface area contributed by atoms with Gasteiger partial charge in [-0.15, -0.1) is 0 Å². The van der Waals surface area contributed by atoms with Crippen LogP contribution < -0.4 is 11.5 Å². The number of aliphatic hydroxyl groups is 3. The van der Waals surface area contributed by atoms with Crippen LogP contribution in [0.15, 0.2) is 4.99 Å². The molecule has 11 heteroatoms. The van der Waals surface area contributed by atoms with Gasteiger partial charge in [-0.05, 0) is 0 Å². The number of aliphatic hydroxyl groups excluding tert-OH is 3. The molecule has 7 N–H and O–H groups in total. The number of aliphatic imine (C=N–C) groups is 1. The van der Waals surface area contributed by atoms with Gasteiger partial charge in [0.05, 0.1) is 18.1 Å². The standard InChI is InChI=1S/C10H21N3O7S/c1-19-9-8(16)7(15)6(14)5(20-9)4-21(17,18)3-2-13-10(11)12/h5-9,14-16H,2-4H2,1H3,(H4,11,12,13)/t5-,6-,7+,8-,9+/m1/s1. The lowest BCUT2D eigenvalue weighted by Crippen LogP contribution is -2.59. The summed E-state index contributed by atoms with van der Waals surface area (Å²) in [6, 6.07) is 0. The monoisotopic (exact) mass is 327 g/mol. The molecule has 0 aromatic rings. The number of hydrogen-bond acceptors (Lipinski definition) is 8. The zero-order chi connectivity index (χ0) is 16.2. The molecule has 1 aliphatic heterocycles. The molecule has 0 aromatic heterocycles. The predicted octanol–water partition coefficient (Wildman–Crippen LogP) is -3.87. The number of hydrogen-bond donors (Lipinski definition) is 5. The van der Waals surface area contributed by atoms with Crippen LogP contribution in [0.3, 0.4) is 0 Å². The van der Waals surface area contributed by atoms with E-state index in [1.54, 1.807) is 0 Å². The zero-order valence-electron chi connectivity index (χ0n) is 11.5. The van der Waals surface area contributed by atoms with E-state index < -0.39 is 46.3 Å². The molecule has 1 fully saturated rings. The molecule has 1 aliphatic rings. The normalized spacial score (nSPS) is 33.6. The van der Waals surface area contributed by atoms with Gasteiger partial charge in [-0.2, -0.15) is 0 Å².